The number of H-pyrrole nitrogens is 1. The summed E-state index contributed by atoms with van der Waals surface area (Å²) in [6.07, 6.45) is 1.94. The van der Waals surface area contributed by atoms with Crippen molar-refractivity contribution in [2.45, 2.75) is 6.42 Å². The zero-order chi connectivity index (χ0) is 16.0. The van der Waals surface area contributed by atoms with Crippen LogP contribution in [0.2, 0.25) is 0 Å². The number of nitrogen functional groups attached to an aromatic ring is 1. The third-order valence-corrected chi connectivity index (χ3v) is 3.83. The molecule has 0 unspecified atom stereocenters. The van der Waals surface area contributed by atoms with E-state index in [9.17, 15) is 9.59 Å². The van der Waals surface area contributed by atoms with Crippen LogP contribution < -0.4 is 11.5 Å². The van der Waals surface area contributed by atoms with E-state index in [2.05, 4.69) is 4.98 Å². The first kappa shape index (κ1) is 13.4. The van der Waals surface area contributed by atoms with E-state index >= 15 is 0 Å². The van der Waals surface area contributed by atoms with Crippen molar-refractivity contribution in [1.29, 1.82) is 0 Å². The van der Waals surface area contributed by atoms with Gasteiger partial charge in [-0.05, 0) is 41.3 Å². The number of carbonyl (C=O) groups excluding carboxylic acids is 1. The fraction of sp³-hybridized carbons (Fsp3) is 0.0588. The van der Waals surface area contributed by atoms with Crippen LogP contribution in [-0.4, -0.2) is 15.5 Å². The van der Waals surface area contributed by atoms with Crippen LogP contribution in [0, 0.1) is 0 Å². The first-order valence-electron chi connectivity index (χ1n) is 7.12. The van der Waals surface area contributed by atoms with Crippen LogP contribution in [0.5, 0.6) is 0 Å². The lowest BCUT2D eigenvalue weighted by Gasteiger charge is -2.03. The zero-order valence-corrected chi connectivity index (χ0v) is 12.1. The normalized spacial score (nSPS) is 11.3. The van der Waals surface area contributed by atoms with E-state index in [-0.39, 0.29) is 12.3 Å². The fourth-order valence-corrected chi connectivity index (χ4v) is 2.73. The molecule has 23 heavy (non-hydrogen) atoms. The smallest absolute Gasteiger partial charge is 0.407 e. The highest BCUT2D eigenvalue weighted by atomic mass is 16.4. The van der Waals surface area contributed by atoms with Gasteiger partial charge in [-0.15, -0.1) is 0 Å². The van der Waals surface area contributed by atoms with Crippen LogP contribution in [0.4, 0.5) is 5.69 Å². The summed E-state index contributed by atoms with van der Waals surface area (Å²) >= 11 is 0. The number of aromatic nitrogens is 2. The largest absolute Gasteiger partial charge is 0.426 e. The topological polar surface area (TPSA) is 94.0 Å². The minimum absolute atomic E-state index is 0.0955. The van der Waals surface area contributed by atoms with Crippen LogP contribution in [0.25, 0.3) is 22.0 Å². The van der Waals surface area contributed by atoms with E-state index in [0.29, 0.717) is 16.8 Å². The SMILES string of the molecule is Nc1ccc2oc(=O)n(C(=O)Cc3ccc4cc[nH]c4c3)c2c1. The molecule has 114 valence electrons. The number of carbonyl (C=O) groups is 1. The van der Waals surface area contributed by atoms with Crippen molar-refractivity contribution in [1.82, 2.24) is 9.55 Å². The van der Waals surface area contributed by atoms with Crippen molar-refractivity contribution in [3.05, 3.63) is 64.8 Å². The maximum atomic E-state index is 12.5. The maximum absolute atomic E-state index is 12.5. The Labute approximate surface area is 130 Å². The summed E-state index contributed by atoms with van der Waals surface area (Å²) in [6, 6.07) is 12.4. The van der Waals surface area contributed by atoms with E-state index in [1.54, 1.807) is 18.2 Å². The summed E-state index contributed by atoms with van der Waals surface area (Å²) in [5.74, 6) is -1.05. The van der Waals surface area contributed by atoms with Crippen LogP contribution in [-0.2, 0) is 6.42 Å². The lowest BCUT2D eigenvalue weighted by atomic mass is 10.1. The molecule has 2 heterocycles. The molecule has 2 aromatic heterocycles. The minimum Gasteiger partial charge on any atom is -0.407 e. The summed E-state index contributed by atoms with van der Waals surface area (Å²) in [4.78, 5) is 27.6. The Morgan fingerprint density at radius 3 is 2.91 bits per heavy atom. The van der Waals surface area contributed by atoms with Crippen molar-refractivity contribution in [2.75, 3.05) is 5.73 Å². The monoisotopic (exact) mass is 307 g/mol. The molecule has 0 aliphatic carbocycles. The quantitative estimate of drug-likeness (QED) is 0.556. The Balaban J connectivity index is 1.75. The highest BCUT2D eigenvalue weighted by molar-refractivity contribution is 5.92. The second kappa shape index (κ2) is 4.88. The number of oxazole rings is 1. The van der Waals surface area contributed by atoms with Crippen molar-refractivity contribution in [3.63, 3.8) is 0 Å². The summed E-state index contributed by atoms with van der Waals surface area (Å²) in [5, 5.41) is 1.07. The molecule has 6 nitrogen and oxygen atoms in total. The summed E-state index contributed by atoms with van der Waals surface area (Å²) in [5.41, 5.74) is 8.70. The molecule has 0 spiro atoms. The number of fused-ring (bicyclic) bond motifs is 2. The van der Waals surface area contributed by atoms with E-state index in [1.807, 2.05) is 30.5 Å². The molecule has 6 heteroatoms. The van der Waals surface area contributed by atoms with Crippen LogP contribution >= 0.6 is 0 Å². The molecule has 3 N–H and O–H groups in total. The number of nitrogens with zero attached hydrogens (tertiary/aromatic N) is 1. The van der Waals surface area contributed by atoms with Gasteiger partial charge in [0.25, 0.3) is 0 Å². The van der Waals surface area contributed by atoms with Crippen molar-refractivity contribution >= 4 is 33.6 Å². The van der Waals surface area contributed by atoms with E-state index < -0.39 is 5.76 Å². The number of nitrogens with one attached hydrogen (secondary N) is 1. The molecule has 0 aliphatic rings. The molecule has 0 fully saturated rings. The first-order valence-corrected chi connectivity index (χ1v) is 7.12. The number of anilines is 1. The van der Waals surface area contributed by atoms with Gasteiger partial charge in [-0.2, -0.15) is 0 Å². The average Bonchev–Trinajstić information content (AvgIpc) is 3.09. The molecule has 0 aliphatic heterocycles. The Morgan fingerprint density at radius 2 is 2.04 bits per heavy atom. The van der Waals surface area contributed by atoms with Gasteiger partial charge < -0.3 is 15.1 Å². The van der Waals surface area contributed by atoms with Gasteiger partial charge in [-0.3, -0.25) is 4.79 Å². The fourth-order valence-electron chi connectivity index (χ4n) is 2.73. The van der Waals surface area contributed by atoms with Gasteiger partial charge in [0.15, 0.2) is 5.58 Å². The molecule has 0 amide bonds. The molecule has 0 bridgehead atoms. The average molecular weight is 307 g/mol. The number of nitrogens with two attached hydrogens (primary N) is 1. The predicted octanol–water partition coefficient (Wildman–Crippen LogP) is 2.54. The number of hydrogen-bond acceptors (Lipinski definition) is 4. The molecular weight excluding hydrogens is 294 g/mol. The third kappa shape index (κ3) is 2.20. The highest BCUT2D eigenvalue weighted by Gasteiger charge is 2.16. The number of hydrogen-bond donors (Lipinski definition) is 2. The van der Waals surface area contributed by atoms with Crippen molar-refractivity contribution in [3.8, 4) is 0 Å². The molecule has 0 saturated carbocycles. The minimum atomic E-state index is -0.698. The number of rotatable bonds is 2. The van der Waals surface area contributed by atoms with Crippen LogP contribution in [0.15, 0.2) is 57.9 Å². The summed E-state index contributed by atoms with van der Waals surface area (Å²) in [7, 11) is 0. The number of aromatic amines is 1. The third-order valence-electron chi connectivity index (χ3n) is 3.83. The van der Waals surface area contributed by atoms with E-state index in [1.165, 1.54) is 0 Å². The molecular formula is C17H13N3O3. The summed E-state index contributed by atoms with van der Waals surface area (Å²) in [6.45, 7) is 0. The summed E-state index contributed by atoms with van der Waals surface area (Å²) < 4.78 is 6.13. The van der Waals surface area contributed by atoms with Gasteiger partial charge in [-0.25, -0.2) is 9.36 Å². The second-order valence-corrected chi connectivity index (χ2v) is 5.40. The Kier molecular flexibility index (Phi) is 2.84. The zero-order valence-electron chi connectivity index (χ0n) is 12.1. The highest BCUT2D eigenvalue weighted by Crippen LogP contribution is 2.18. The van der Waals surface area contributed by atoms with Crippen molar-refractivity contribution < 1.29 is 9.21 Å². The lowest BCUT2D eigenvalue weighted by Crippen LogP contribution is -2.24. The molecule has 4 rings (SSSR count). The van der Waals surface area contributed by atoms with Gasteiger partial charge in [0.05, 0.1) is 6.42 Å². The van der Waals surface area contributed by atoms with E-state index in [0.717, 1.165) is 21.0 Å². The Bertz CT molecular complexity index is 1100. The Morgan fingerprint density at radius 1 is 1.17 bits per heavy atom. The molecule has 4 aromatic rings. The van der Waals surface area contributed by atoms with Gasteiger partial charge in [0.2, 0.25) is 5.91 Å². The van der Waals surface area contributed by atoms with Gasteiger partial charge in [0.1, 0.15) is 5.52 Å². The lowest BCUT2D eigenvalue weighted by molar-refractivity contribution is 0.0910. The maximum Gasteiger partial charge on any atom is 0.426 e. The molecule has 2 aromatic carbocycles. The molecule has 0 saturated heterocycles. The van der Waals surface area contributed by atoms with Crippen LogP contribution in [0.3, 0.4) is 0 Å². The van der Waals surface area contributed by atoms with Gasteiger partial charge in [0, 0.05) is 17.4 Å². The van der Waals surface area contributed by atoms with Crippen molar-refractivity contribution in [2.24, 2.45) is 0 Å². The Hall–Kier alpha value is -3.28. The molecule has 0 radical (unpaired) electrons. The first-order chi connectivity index (χ1) is 11.1. The predicted molar refractivity (Wildman–Crippen MR) is 87.5 cm³/mol. The van der Waals surface area contributed by atoms with Crippen LogP contribution in [0.1, 0.15) is 10.4 Å². The van der Waals surface area contributed by atoms with E-state index in [4.69, 9.17) is 10.2 Å². The standard InChI is InChI=1S/C17H13N3O3/c18-12-3-4-15-14(9-12)20(17(22)23-15)16(21)8-10-1-2-11-5-6-19-13(11)7-10/h1-7,9,19H,8,18H2. The van der Waals surface area contributed by atoms with Gasteiger partial charge >= 0.3 is 5.76 Å². The number of benzene rings is 2. The second-order valence-electron chi connectivity index (χ2n) is 5.40. The van der Waals surface area contributed by atoms with Gasteiger partial charge in [-0.1, -0.05) is 12.1 Å². The molecule has 0 atom stereocenters.